The first-order valence-electron chi connectivity index (χ1n) is 5.18. The monoisotopic (exact) mass is 480 g/mol. The Bertz CT molecular complexity index is 841. The zero-order valence-corrected chi connectivity index (χ0v) is 14.0. The lowest BCUT2D eigenvalue weighted by molar-refractivity contribution is 1.42. The lowest BCUT2D eigenvalue weighted by Crippen LogP contribution is -1.97. The smallest absolute Gasteiger partial charge is 0.101 e. The highest BCUT2D eigenvalue weighted by Crippen LogP contribution is 2.34. The average molecular weight is 480 g/mol. The van der Waals surface area contributed by atoms with E-state index in [1.807, 2.05) is 57.3 Å². The Morgan fingerprint density at radius 1 is 0.650 bits per heavy atom. The van der Waals surface area contributed by atoms with Crippen LogP contribution in [0.3, 0.4) is 0 Å². The number of halogens is 2. The molecule has 0 amide bonds. The van der Waals surface area contributed by atoms with E-state index in [0.717, 1.165) is 0 Å². The van der Waals surface area contributed by atoms with Gasteiger partial charge in [-0.2, -0.15) is 21.0 Å². The van der Waals surface area contributed by atoms with E-state index in [9.17, 15) is 21.0 Å². The van der Waals surface area contributed by atoms with Crippen LogP contribution in [-0.4, -0.2) is 0 Å². The number of rotatable bonds is 0. The summed E-state index contributed by atoms with van der Waals surface area (Å²) in [4.78, 5) is 0. The first-order chi connectivity index (χ1) is 9.58. The molecule has 2 aromatic carbocycles. The molecule has 0 radical (unpaired) electrons. The van der Waals surface area contributed by atoms with Gasteiger partial charge >= 0.3 is 0 Å². The molecule has 20 heavy (non-hydrogen) atoms. The molecule has 2 rings (SSSR count). The average Bonchev–Trinajstić information content (AvgIpc) is 2.45. The molecule has 0 aliphatic carbocycles. The summed E-state index contributed by atoms with van der Waals surface area (Å²) in [6, 6.07) is 11.3. The van der Waals surface area contributed by atoms with E-state index < -0.39 is 0 Å². The minimum Gasteiger partial charge on any atom is -0.192 e. The lowest BCUT2D eigenvalue weighted by atomic mass is 9.93. The van der Waals surface area contributed by atoms with E-state index in [2.05, 4.69) is 12.1 Å². The fourth-order valence-electron chi connectivity index (χ4n) is 1.96. The fraction of sp³-hybridized carbons (Fsp3) is 0. The molecule has 0 atom stereocenters. The van der Waals surface area contributed by atoms with Crippen molar-refractivity contribution in [1.29, 1.82) is 21.0 Å². The van der Waals surface area contributed by atoms with E-state index >= 15 is 0 Å². The Hall–Kier alpha value is -1.88. The van der Waals surface area contributed by atoms with Crippen molar-refractivity contribution < 1.29 is 0 Å². The summed E-state index contributed by atoms with van der Waals surface area (Å²) in [5.41, 5.74) is 1.25. The van der Waals surface area contributed by atoms with E-state index in [4.69, 9.17) is 0 Å². The van der Waals surface area contributed by atoms with E-state index in [-0.39, 0.29) is 0 Å². The summed E-state index contributed by atoms with van der Waals surface area (Å²) in [5.74, 6) is 0. The van der Waals surface area contributed by atoms with Gasteiger partial charge < -0.3 is 0 Å². The zero-order chi connectivity index (χ0) is 14.9. The Kier molecular flexibility index (Phi) is 4.09. The van der Waals surface area contributed by atoms with Gasteiger partial charge in [-0.15, -0.1) is 0 Å². The SMILES string of the molecule is N#Cc1cc(I)c(C#N)c2c(C#N)cc(I)c(C#N)c12. The highest BCUT2D eigenvalue weighted by molar-refractivity contribution is 14.1. The number of benzene rings is 2. The van der Waals surface area contributed by atoms with Crippen LogP contribution in [0.2, 0.25) is 0 Å². The number of nitriles is 4. The first-order valence-corrected chi connectivity index (χ1v) is 7.33. The Morgan fingerprint density at radius 3 is 1.25 bits per heavy atom. The minimum atomic E-state index is 0.301. The third-order valence-electron chi connectivity index (χ3n) is 2.77. The second kappa shape index (κ2) is 5.63. The van der Waals surface area contributed by atoms with Crippen molar-refractivity contribution in [2.24, 2.45) is 0 Å². The molecule has 0 saturated carbocycles. The van der Waals surface area contributed by atoms with Crippen molar-refractivity contribution in [2.45, 2.75) is 0 Å². The largest absolute Gasteiger partial charge is 0.192 e. The summed E-state index contributed by atoms with van der Waals surface area (Å²) in [7, 11) is 0. The normalized spacial score (nSPS) is 9.30. The van der Waals surface area contributed by atoms with Crippen molar-refractivity contribution in [1.82, 2.24) is 0 Å². The van der Waals surface area contributed by atoms with Gasteiger partial charge in [0, 0.05) is 17.9 Å². The maximum atomic E-state index is 9.30. The number of hydrogen-bond acceptors (Lipinski definition) is 4. The molecule has 0 saturated heterocycles. The van der Waals surface area contributed by atoms with Crippen LogP contribution in [0.1, 0.15) is 22.3 Å². The predicted molar refractivity (Wildman–Crippen MR) is 88.2 cm³/mol. The zero-order valence-electron chi connectivity index (χ0n) is 9.70. The van der Waals surface area contributed by atoms with Crippen molar-refractivity contribution in [3.63, 3.8) is 0 Å². The molecule has 4 nitrogen and oxygen atoms in total. The molecule has 0 spiro atoms. The van der Waals surface area contributed by atoms with Gasteiger partial charge in [-0.25, -0.2) is 0 Å². The van der Waals surface area contributed by atoms with E-state index in [0.29, 0.717) is 40.2 Å². The molecule has 0 bridgehead atoms. The van der Waals surface area contributed by atoms with Gasteiger partial charge in [0.2, 0.25) is 0 Å². The van der Waals surface area contributed by atoms with Gasteiger partial charge in [0.1, 0.15) is 12.1 Å². The molecular weight excluding hydrogens is 478 g/mol. The molecular formula is C14H2I2N4. The number of nitrogens with zero attached hydrogens (tertiary/aromatic N) is 4. The van der Waals surface area contributed by atoms with Gasteiger partial charge in [0.25, 0.3) is 0 Å². The second-order valence-electron chi connectivity index (χ2n) is 3.76. The Balaban J connectivity index is 3.30. The highest BCUT2D eigenvalue weighted by atomic mass is 127. The summed E-state index contributed by atoms with van der Waals surface area (Å²) in [6.45, 7) is 0. The van der Waals surface area contributed by atoms with Crippen LogP contribution in [0.15, 0.2) is 12.1 Å². The van der Waals surface area contributed by atoms with Crippen LogP contribution in [0.4, 0.5) is 0 Å². The van der Waals surface area contributed by atoms with Crippen molar-refractivity contribution in [3.8, 4) is 24.3 Å². The molecule has 0 N–H and O–H groups in total. The molecule has 0 heterocycles. The Morgan fingerprint density at radius 2 is 1.00 bits per heavy atom. The number of hydrogen-bond donors (Lipinski definition) is 0. The first kappa shape index (κ1) is 14.5. The van der Waals surface area contributed by atoms with E-state index in [1.54, 1.807) is 12.1 Å². The molecule has 0 aliphatic heterocycles. The molecule has 0 unspecified atom stereocenters. The molecule has 0 aromatic heterocycles. The standard InChI is InChI=1S/C14H2I2N4/c15-11-1-7(3-17)13-10(6-20)12(16)2-8(4-18)14(13)9(11)5-19/h1-2H. The van der Waals surface area contributed by atoms with Gasteiger partial charge in [0.15, 0.2) is 0 Å². The topological polar surface area (TPSA) is 95.2 Å². The van der Waals surface area contributed by atoms with Gasteiger partial charge in [-0.1, -0.05) is 0 Å². The van der Waals surface area contributed by atoms with Gasteiger partial charge in [0.05, 0.1) is 34.4 Å². The Labute approximate surface area is 142 Å². The second-order valence-corrected chi connectivity index (χ2v) is 6.08. The molecule has 2 aromatic rings. The molecule has 6 heteroatoms. The van der Waals surface area contributed by atoms with Crippen molar-refractivity contribution >= 4 is 56.0 Å². The van der Waals surface area contributed by atoms with Gasteiger partial charge in [-0.3, -0.25) is 0 Å². The lowest BCUT2D eigenvalue weighted by Gasteiger charge is -2.10. The van der Waals surface area contributed by atoms with Crippen LogP contribution in [-0.2, 0) is 0 Å². The molecule has 92 valence electrons. The summed E-state index contributed by atoms with van der Waals surface area (Å²) in [5, 5.41) is 37.9. The van der Waals surface area contributed by atoms with Gasteiger partial charge in [-0.05, 0) is 57.3 Å². The van der Waals surface area contributed by atoms with Crippen LogP contribution in [0, 0.1) is 52.5 Å². The maximum Gasteiger partial charge on any atom is 0.101 e. The third kappa shape index (κ3) is 2.08. The van der Waals surface area contributed by atoms with E-state index in [1.165, 1.54) is 0 Å². The highest BCUT2D eigenvalue weighted by Gasteiger charge is 2.19. The quantitative estimate of drug-likeness (QED) is 0.540. The van der Waals surface area contributed by atoms with Crippen molar-refractivity contribution in [3.05, 3.63) is 41.5 Å². The summed E-state index contributed by atoms with van der Waals surface area (Å²) in [6.07, 6.45) is 0. The minimum absolute atomic E-state index is 0.301. The summed E-state index contributed by atoms with van der Waals surface area (Å²) < 4.78 is 1.19. The van der Waals surface area contributed by atoms with Crippen LogP contribution in [0.5, 0.6) is 0 Å². The maximum absolute atomic E-state index is 9.30. The predicted octanol–water partition coefficient (Wildman–Crippen LogP) is 3.54. The molecule has 0 fully saturated rings. The summed E-state index contributed by atoms with van der Waals surface area (Å²) >= 11 is 3.91. The number of fused-ring (bicyclic) bond motifs is 1. The molecule has 0 aliphatic rings. The third-order valence-corrected chi connectivity index (χ3v) is 4.47. The van der Waals surface area contributed by atoms with Crippen LogP contribution >= 0.6 is 45.2 Å². The van der Waals surface area contributed by atoms with Crippen molar-refractivity contribution in [2.75, 3.05) is 0 Å². The fourth-order valence-corrected chi connectivity index (χ4v) is 3.37. The van der Waals surface area contributed by atoms with Crippen LogP contribution < -0.4 is 0 Å². The van der Waals surface area contributed by atoms with Crippen LogP contribution in [0.25, 0.3) is 10.8 Å².